The van der Waals surface area contributed by atoms with Crippen LogP contribution in [0.5, 0.6) is 0 Å². The van der Waals surface area contributed by atoms with E-state index in [2.05, 4.69) is 12.2 Å². The minimum Gasteiger partial charge on any atom is -0.361 e. The van der Waals surface area contributed by atoms with Crippen LogP contribution in [0.4, 0.5) is 4.39 Å². The van der Waals surface area contributed by atoms with E-state index in [1.165, 1.54) is 0 Å². The highest BCUT2D eigenvalue weighted by atomic mass is 19.1. The maximum atomic E-state index is 12.4. The molecule has 0 aromatic heterocycles. The van der Waals surface area contributed by atoms with Gasteiger partial charge in [-0.2, -0.15) is 4.39 Å². The average Bonchev–Trinajstić information content (AvgIpc) is 2.13. The highest BCUT2D eigenvalue weighted by molar-refractivity contribution is 5.08. The van der Waals surface area contributed by atoms with E-state index in [9.17, 15) is 4.39 Å². The van der Waals surface area contributed by atoms with Crippen LogP contribution in [0.1, 0.15) is 20.3 Å². The molecule has 1 atom stereocenters. The van der Waals surface area contributed by atoms with Gasteiger partial charge in [-0.05, 0) is 12.5 Å². The molecule has 0 fully saturated rings. The van der Waals surface area contributed by atoms with Crippen LogP contribution in [0.2, 0.25) is 0 Å². The minimum absolute atomic E-state index is 0.0596. The van der Waals surface area contributed by atoms with Gasteiger partial charge in [-0.3, -0.25) is 0 Å². The molecule has 0 aliphatic carbocycles. The molecule has 1 unspecified atom stereocenters. The van der Waals surface area contributed by atoms with Crippen LogP contribution in [0, 0.1) is 5.41 Å². The Bertz CT molecular complexity index is 142. The van der Waals surface area contributed by atoms with Crippen molar-refractivity contribution in [2.24, 2.45) is 5.41 Å². The van der Waals surface area contributed by atoms with Gasteiger partial charge >= 0.3 is 0 Å². The zero-order valence-corrected chi connectivity index (χ0v) is 5.87. The van der Waals surface area contributed by atoms with E-state index in [1.807, 2.05) is 6.92 Å². The standard InChI is InChI=1S/C7H12FN/c1-3-7(2)4-6(8)9-5-7/h4,9H,3,5H2,1-2H3. The van der Waals surface area contributed by atoms with Crippen LogP contribution in [0.3, 0.4) is 0 Å². The van der Waals surface area contributed by atoms with Gasteiger partial charge < -0.3 is 5.32 Å². The fourth-order valence-electron chi connectivity index (χ4n) is 0.921. The first-order chi connectivity index (χ1) is 4.16. The predicted molar refractivity (Wildman–Crippen MR) is 35.6 cm³/mol. The first-order valence-electron chi connectivity index (χ1n) is 3.28. The molecule has 1 aliphatic heterocycles. The molecule has 1 rings (SSSR count). The lowest BCUT2D eigenvalue weighted by Gasteiger charge is -2.16. The summed E-state index contributed by atoms with van der Waals surface area (Å²) in [5.41, 5.74) is 0.0596. The molecule has 52 valence electrons. The van der Waals surface area contributed by atoms with Crippen molar-refractivity contribution >= 4 is 0 Å². The lowest BCUT2D eigenvalue weighted by Crippen LogP contribution is -2.19. The molecule has 0 saturated heterocycles. The lowest BCUT2D eigenvalue weighted by molar-refractivity contribution is 0.424. The molecule has 1 N–H and O–H groups in total. The van der Waals surface area contributed by atoms with Gasteiger partial charge in [0.05, 0.1) is 0 Å². The van der Waals surface area contributed by atoms with E-state index in [1.54, 1.807) is 6.08 Å². The quantitative estimate of drug-likeness (QED) is 0.532. The van der Waals surface area contributed by atoms with Gasteiger partial charge in [0.25, 0.3) is 0 Å². The zero-order chi connectivity index (χ0) is 6.91. The molecular weight excluding hydrogens is 117 g/mol. The van der Waals surface area contributed by atoms with Crippen molar-refractivity contribution in [3.05, 3.63) is 12.0 Å². The largest absolute Gasteiger partial charge is 0.361 e. The van der Waals surface area contributed by atoms with Crippen molar-refractivity contribution in [1.29, 1.82) is 0 Å². The van der Waals surface area contributed by atoms with E-state index >= 15 is 0 Å². The van der Waals surface area contributed by atoms with Gasteiger partial charge in [0.15, 0.2) is 5.95 Å². The third-order valence-corrected chi connectivity index (χ3v) is 1.94. The topological polar surface area (TPSA) is 12.0 Å². The Hall–Kier alpha value is -0.530. The van der Waals surface area contributed by atoms with E-state index in [0.29, 0.717) is 0 Å². The van der Waals surface area contributed by atoms with E-state index < -0.39 is 0 Å². The van der Waals surface area contributed by atoms with Gasteiger partial charge in [0, 0.05) is 12.0 Å². The van der Waals surface area contributed by atoms with Gasteiger partial charge in [0.2, 0.25) is 0 Å². The molecule has 0 bridgehead atoms. The zero-order valence-electron chi connectivity index (χ0n) is 5.87. The minimum atomic E-state index is -0.167. The molecule has 0 saturated carbocycles. The van der Waals surface area contributed by atoms with Crippen LogP contribution in [0.25, 0.3) is 0 Å². The third-order valence-electron chi connectivity index (χ3n) is 1.94. The highest BCUT2D eigenvalue weighted by Crippen LogP contribution is 2.27. The Kier molecular flexibility index (Phi) is 1.47. The van der Waals surface area contributed by atoms with Crippen molar-refractivity contribution in [1.82, 2.24) is 5.32 Å². The average molecular weight is 129 g/mol. The van der Waals surface area contributed by atoms with Crippen molar-refractivity contribution in [2.75, 3.05) is 6.54 Å². The van der Waals surface area contributed by atoms with Gasteiger partial charge in [-0.15, -0.1) is 0 Å². The predicted octanol–water partition coefficient (Wildman–Crippen LogP) is 1.82. The molecule has 2 heteroatoms. The summed E-state index contributed by atoms with van der Waals surface area (Å²) in [7, 11) is 0. The fraction of sp³-hybridized carbons (Fsp3) is 0.714. The second-order valence-electron chi connectivity index (χ2n) is 2.85. The molecule has 0 amide bonds. The molecule has 1 aliphatic rings. The summed E-state index contributed by atoms with van der Waals surface area (Å²) in [5.74, 6) is -0.167. The SMILES string of the molecule is CCC1(C)C=C(F)NC1. The Morgan fingerprint density at radius 3 is 2.78 bits per heavy atom. The van der Waals surface area contributed by atoms with Crippen molar-refractivity contribution in [3.8, 4) is 0 Å². The summed E-state index contributed by atoms with van der Waals surface area (Å²) >= 11 is 0. The summed E-state index contributed by atoms with van der Waals surface area (Å²) in [6.45, 7) is 4.86. The van der Waals surface area contributed by atoms with Crippen LogP contribution < -0.4 is 5.32 Å². The second kappa shape index (κ2) is 2.01. The van der Waals surface area contributed by atoms with Crippen LogP contribution in [0.15, 0.2) is 12.0 Å². The molecule has 0 spiro atoms. The molecule has 0 aromatic carbocycles. The summed E-state index contributed by atoms with van der Waals surface area (Å²) < 4.78 is 12.4. The first kappa shape index (κ1) is 6.59. The Balaban J connectivity index is 2.64. The number of hydrogen-bond acceptors (Lipinski definition) is 1. The number of halogens is 1. The maximum absolute atomic E-state index is 12.4. The fourth-order valence-corrected chi connectivity index (χ4v) is 0.921. The number of rotatable bonds is 1. The van der Waals surface area contributed by atoms with Crippen molar-refractivity contribution in [3.63, 3.8) is 0 Å². The van der Waals surface area contributed by atoms with Crippen molar-refractivity contribution in [2.45, 2.75) is 20.3 Å². The van der Waals surface area contributed by atoms with Crippen LogP contribution in [-0.4, -0.2) is 6.54 Å². The molecule has 9 heavy (non-hydrogen) atoms. The number of nitrogens with one attached hydrogen (secondary N) is 1. The van der Waals surface area contributed by atoms with E-state index in [0.717, 1.165) is 13.0 Å². The summed E-state index contributed by atoms with van der Waals surface area (Å²) in [5, 5.41) is 2.66. The van der Waals surface area contributed by atoms with Gasteiger partial charge in [-0.1, -0.05) is 13.8 Å². The molecule has 0 aromatic rings. The maximum Gasteiger partial charge on any atom is 0.183 e. The number of hydrogen-bond donors (Lipinski definition) is 1. The Morgan fingerprint density at radius 2 is 2.56 bits per heavy atom. The molecule has 0 radical (unpaired) electrons. The van der Waals surface area contributed by atoms with E-state index in [-0.39, 0.29) is 11.4 Å². The van der Waals surface area contributed by atoms with Crippen LogP contribution in [-0.2, 0) is 0 Å². The molecular formula is C7H12FN. The van der Waals surface area contributed by atoms with Crippen molar-refractivity contribution < 1.29 is 4.39 Å². The normalized spacial score (nSPS) is 33.9. The monoisotopic (exact) mass is 129 g/mol. The lowest BCUT2D eigenvalue weighted by atomic mass is 9.90. The summed E-state index contributed by atoms with van der Waals surface area (Å²) in [6.07, 6.45) is 2.65. The summed E-state index contributed by atoms with van der Waals surface area (Å²) in [4.78, 5) is 0. The Morgan fingerprint density at radius 1 is 1.89 bits per heavy atom. The highest BCUT2D eigenvalue weighted by Gasteiger charge is 2.25. The molecule has 1 heterocycles. The summed E-state index contributed by atoms with van der Waals surface area (Å²) in [6, 6.07) is 0. The van der Waals surface area contributed by atoms with Gasteiger partial charge in [0.1, 0.15) is 0 Å². The smallest absolute Gasteiger partial charge is 0.183 e. The first-order valence-corrected chi connectivity index (χ1v) is 3.28. The Labute approximate surface area is 54.9 Å². The second-order valence-corrected chi connectivity index (χ2v) is 2.85. The van der Waals surface area contributed by atoms with Gasteiger partial charge in [-0.25, -0.2) is 0 Å². The van der Waals surface area contributed by atoms with E-state index in [4.69, 9.17) is 0 Å². The molecule has 1 nitrogen and oxygen atoms in total. The third kappa shape index (κ3) is 1.23. The van der Waals surface area contributed by atoms with Crippen LogP contribution >= 0.6 is 0 Å².